The summed E-state index contributed by atoms with van der Waals surface area (Å²) in [5.74, 6) is 0.664. The van der Waals surface area contributed by atoms with Crippen LogP contribution in [0.1, 0.15) is 31.2 Å². The third-order valence-electron chi connectivity index (χ3n) is 4.76. The van der Waals surface area contributed by atoms with Gasteiger partial charge in [-0.05, 0) is 64.1 Å². The average Bonchev–Trinajstić information content (AvgIpc) is 3.00. The summed E-state index contributed by atoms with van der Waals surface area (Å²) in [6.07, 6.45) is 4.93. The maximum absolute atomic E-state index is 12.3. The molecule has 1 amide bonds. The summed E-state index contributed by atoms with van der Waals surface area (Å²) in [7, 11) is 0. The van der Waals surface area contributed by atoms with Crippen molar-refractivity contribution < 1.29 is 4.79 Å². The number of amides is 1. The lowest BCUT2D eigenvalue weighted by molar-refractivity contribution is -0.121. The Bertz CT molecular complexity index is 791. The number of piperidine rings is 1. The molecule has 1 aliphatic rings. The summed E-state index contributed by atoms with van der Waals surface area (Å²) in [4.78, 5) is 14.8. The first kappa shape index (κ1) is 18.8. The fraction of sp³-hybridized carbons (Fsp3) is 0.526. The van der Waals surface area contributed by atoms with Gasteiger partial charge in [0.25, 0.3) is 0 Å². The largest absolute Gasteiger partial charge is 0.355 e. The van der Waals surface area contributed by atoms with E-state index in [9.17, 15) is 4.79 Å². The topological polar surface area (TPSA) is 66.0 Å². The van der Waals surface area contributed by atoms with E-state index in [1.807, 2.05) is 31.2 Å². The van der Waals surface area contributed by atoms with Gasteiger partial charge in [0, 0.05) is 12.1 Å². The van der Waals surface area contributed by atoms with Gasteiger partial charge in [-0.15, -0.1) is 0 Å². The minimum Gasteiger partial charge on any atom is -0.355 e. The summed E-state index contributed by atoms with van der Waals surface area (Å²) in [5.41, 5.74) is 2.10. The van der Waals surface area contributed by atoms with E-state index in [1.165, 1.54) is 32.4 Å². The number of likely N-dealkylation sites (tertiary alicyclic amines) is 1. The first-order valence-corrected chi connectivity index (χ1v) is 9.75. The quantitative estimate of drug-likeness (QED) is 0.578. The van der Waals surface area contributed by atoms with E-state index in [0.717, 1.165) is 24.1 Å². The standard InChI is InChI=1S/C19H27N5OS/c1-15-7-5-8-16(13-15)18-21-22-19(26)24(18)14-17(25)20-9-6-12-23-10-3-2-4-11-23/h5,7-8,13H,2-4,6,9-12,14H2,1H3,(H,20,25)(H,22,26). The van der Waals surface area contributed by atoms with Crippen molar-refractivity contribution in [1.29, 1.82) is 0 Å². The van der Waals surface area contributed by atoms with Crippen LogP contribution in [0.25, 0.3) is 11.4 Å². The van der Waals surface area contributed by atoms with Gasteiger partial charge >= 0.3 is 0 Å². The molecule has 2 N–H and O–H groups in total. The van der Waals surface area contributed by atoms with Crippen LogP contribution in [-0.2, 0) is 11.3 Å². The number of aromatic amines is 1. The normalized spacial score (nSPS) is 15.1. The van der Waals surface area contributed by atoms with Crippen LogP contribution in [0.4, 0.5) is 0 Å². The summed E-state index contributed by atoms with van der Waals surface area (Å²) in [6, 6.07) is 8.03. The van der Waals surface area contributed by atoms with Crippen molar-refractivity contribution in [3.05, 3.63) is 34.6 Å². The molecule has 0 spiro atoms. The first-order chi connectivity index (χ1) is 12.6. The molecule has 6 nitrogen and oxygen atoms in total. The Kier molecular flexibility index (Phi) is 6.57. The molecule has 1 aliphatic heterocycles. The molecule has 0 atom stereocenters. The van der Waals surface area contributed by atoms with Crippen LogP contribution in [0.15, 0.2) is 24.3 Å². The highest BCUT2D eigenvalue weighted by Gasteiger charge is 2.13. The third kappa shape index (κ3) is 5.02. The molecule has 0 radical (unpaired) electrons. The van der Waals surface area contributed by atoms with E-state index in [1.54, 1.807) is 4.57 Å². The SMILES string of the molecule is Cc1cccc(-c2n[nH]c(=S)n2CC(=O)NCCCN2CCCCC2)c1. The Labute approximate surface area is 159 Å². The van der Waals surface area contributed by atoms with Gasteiger partial charge < -0.3 is 10.2 Å². The molecule has 2 aromatic rings. The highest BCUT2D eigenvalue weighted by Crippen LogP contribution is 2.18. The van der Waals surface area contributed by atoms with Crippen molar-refractivity contribution in [3.8, 4) is 11.4 Å². The lowest BCUT2D eigenvalue weighted by atomic mass is 10.1. The summed E-state index contributed by atoms with van der Waals surface area (Å²) in [5, 5.41) is 10.1. The molecule has 1 fully saturated rings. The van der Waals surface area contributed by atoms with Gasteiger partial charge in [-0.25, -0.2) is 0 Å². The highest BCUT2D eigenvalue weighted by molar-refractivity contribution is 7.71. The van der Waals surface area contributed by atoms with Gasteiger partial charge in [-0.3, -0.25) is 14.5 Å². The molecule has 2 heterocycles. The molecule has 140 valence electrons. The zero-order valence-electron chi connectivity index (χ0n) is 15.3. The molecular weight excluding hydrogens is 346 g/mol. The van der Waals surface area contributed by atoms with Crippen molar-refractivity contribution in [2.75, 3.05) is 26.2 Å². The van der Waals surface area contributed by atoms with Crippen LogP contribution in [0.3, 0.4) is 0 Å². The molecule has 3 rings (SSSR count). The number of nitrogens with one attached hydrogen (secondary N) is 2. The highest BCUT2D eigenvalue weighted by atomic mass is 32.1. The van der Waals surface area contributed by atoms with Crippen LogP contribution in [0.5, 0.6) is 0 Å². The Morgan fingerprint density at radius 3 is 2.88 bits per heavy atom. The summed E-state index contributed by atoms with van der Waals surface area (Å²) >= 11 is 5.30. The van der Waals surface area contributed by atoms with Crippen LogP contribution < -0.4 is 5.32 Å². The van der Waals surface area contributed by atoms with Crippen LogP contribution in [-0.4, -0.2) is 51.8 Å². The number of carbonyl (C=O) groups is 1. The minimum absolute atomic E-state index is 0.0324. The van der Waals surface area contributed by atoms with E-state index in [0.29, 0.717) is 17.1 Å². The second kappa shape index (κ2) is 9.09. The number of rotatable bonds is 7. The van der Waals surface area contributed by atoms with Gasteiger partial charge in [-0.2, -0.15) is 5.10 Å². The lowest BCUT2D eigenvalue weighted by Crippen LogP contribution is -2.34. The fourth-order valence-corrected chi connectivity index (χ4v) is 3.58. The number of nitrogens with zero attached hydrogens (tertiary/aromatic N) is 3. The van der Waals surface area contributed by atoms with Crippen molar-refractivity contribution >= 4 is 18.1 Å². The number of hydrogen-bond acceptors (Lipinski definition) is 4. The Morgan fingerprint density at radius 1 is 1.31 bits per heavy atom. The molecule has 1 aromatic carbocycles. The average molecular weight is 374 g/mol. The lowest BCUT2D eigenvalue weighted by Gasteiger charge is -2.26. The number of carbonyl (C=O) groups excluding carboxylic acids is 1. The predicted molar refractivity (Wildman–Crippen MR) is 106 cm³/mol. The van der Waals surface area contributed by atoms with Gasteiger partial charge in [0.05, 0.1) is 0 Å². The predicted octanol–water partition coefficient (Wildman–Crippen LogP) is 2.91. The van der Waals surface area contributed by atoms with Crippen molar-refractivity contribution in [3.63, 3.8) is 0 Å². The maximum Gasteiger partial charge on any atom is 0.240 e. The van der Waals surface area contributed by atoms with E-state index in [4.69, 9.17) is 12.2 Å². The maximum atomic E-state index is 12.3. The number of H-pyrrole nitrogens is 1. The number of hydrogen-bond donors (Lipinski definition) is 2. The van der Waals surface area contributed by atoms with Crippen LogP contribution in [0, 0.1) is 11.7 Å². The Hall–Kier alpha value is -1.99. The van der Waals surface area contributed by atoms with Crippen LogP contribution in [0.2, 0.25) is 0 Å². The second-order valence-electron chi connectivity index (χ2n) is 6.91. The van der Waals surface area contributed by atoms with Gasteiger partial charge in [0.1, 0.15) is 6.54 Å². The molecule has 0 bridgehead atoms. The zero-order valence-corrected chi connectivity index (χ0v) is 16.1. The van der Waals surface area contributed by atoms with Crippen molar-refractivity contribution in [1.82, 2.24) is 25.0 Å². The molecular formula is C19H27N5OS. The molecule has 1 saturated heterocycles. The number of benzene rings is 1. The first-order valence-electron chi connectivity index (χ1n) is 9.35. The van der Waals surface area contributed by atoms with Gasteiger partial charge in [0.2, 0.25) is 5.91 Å². The smallest absolute Gasteiger partial charge is 0.240 e. The number of aromatic nitrogens is 3. The Balaban J connectivity index is 1.53. The molecule has 0 saturated carbocycles. The van der Waals surface area contributed by atoms with Crippen molar-refractivity contribution in [2.45, 2.75) is 39.2 Å². The summed E-state index contributed by atoms with van der Waals surface area (Å²) in [6.45, 7) is 6.35. The molecule has 26 heavy (non-hydrogen) atoms. The van der Waals surface area contributed by atoms with Crippen molar-refractivity contribution in [2.24, 2.45) is 0 Å². The van der Waals surface area contributed by atoms with E-state index in [-0.39, 0.29) is 12.5 Å². The molecule has 0 aliphatic carbocycles. The second-order valence-corrected chi connectivity index (χ2v) is 7.30. The minimum atomic E-state index is -0.0324. The van der Waals surface area contributed by atoms with Gasteiger partial charge in [0.15, 0.2) is 10.6 Å². The molecule has 7 heteroatoms. The molecule has 0 unspecified atom stereocenters. The molecule has 1 aromatic heterocycles. The monoisotopic (exact) mass is 373 g/mol. The van der Waals surface area contributed by atoms with E-state index >= 15 is 0 Å². The Morgan fingerprint density at radius 2 is 2.12 bits per heavy atom. The number of aryl methyl sites for hydroxylation is 1. The summed E-state index contributed by atoms with van der Waals surface area (Å²) < 4.78 is 2.22. The third-order valence-corrected chi connectivity index (χ3v) is 5.07. The van der Waals surface area contributed by atoms with E-state index < -0.39 is 0 Å². The zero-order chi connectivity index (χ0) is 18.4. The van der Waals surface area contributed by atoms with E-state index in [2.05, 4.69) is 20.4 Å². The fourth-order valence-electron chi connectivity index (χ4n) is 3.38. The van der Waals surface area contributed by atoms with Crippen LogP contribution >= 0.6 is 12.2 Å². The van der Waals surface area contributed by atoms with Gasteiger partial charge in [-0.1, -0.05) is 30.2 Å².